The Morgan fingerprint density at radius 3 is 2.33 bits per heavy atom. The second kappa shape index (κ2) is 7.50. The molecule has 1 fully saturated rings. The predicted octanol–water partition coefficient (Wildman–Crippen LogP) is 1.31. The molecule has 2 heterocycles. The summed E-state index contributed by atoms with van der Waals surface area (Å²) in [6.45, 7) is 1.00. The van der Waals surface area contributed by atoms with Gasteiger partial charge in [0.15, 0.2) is 11.5 Å². The van der Waals surface area contributed by atoms with Crippen LogP contribution in [-0.4, -0.2) is 52.5 Å². The number of carboxylic acids is 1. The molecule has 2 aliphatic heterocycles. The quantitative estimate of drug-likeness (QED) is 0.378. The lowest BCUT2D eigenvalue weighted by Gasteiger charge is -2.50. The van der Waals surface area contributed by atoms with Gasteiger partial charge in [0.1, 0.15) is 10.7 Å². The van der Waals surface area contributed by atoms with Crippen molar-refractivity contribution in [3.8, 4) is 0 Å². The zero-order valence-corrected chi connectivity index (χ0v) is 16.5. The summed E-state index contributed by atoms with van der Waals surface area (Å²) in [5, 5.41) is 9.19. The highest BCUT2D eigenvalue weighted by molar-refractivity contribution is 8.00. The van der Waals surface area contributed by atoms with E-state index in [4.69, 9.17) is 0 Å². The highest BCUT2D eigenvalue weighted by Gasteiger charge is 2.59. The molecule has 9 nitrogen and oxygen atoms in total. The van der Waals surface area contributed by atoms with E-state index in [1.54, 1.807) is 30.3 Å². The third kappa shape index (κ3) is 3.71. The zero-order valence-electron chi connectivity index (χ0n) is 14.9. The van der Waals surface area contributed by atoms with Gasteiger partial charge in [0.05, 0.1) is 5.92 Å². The molecule has 14 heteroatoms. The number of carbonyl (C=O) groups is 3. The number of rotatable bonds is 5. The van der Waals surface area contributed by atoms with Crippen LogP contribution in [0.2, 0.25) is 0 Å². The molecular formula is C16H13F3N2O7S2. The van der Waals surface area contributed by atoms with E-state index in [0.29, 0.717) is 22.2 Å². The molecule has 0 aromatic heterocycles. The Bertz CT molecular complexity index is 1040. The molecule has 30 heavy (non-hydrogen) atoms. The predicted molar refractivity (Wildman–Crippen MR) is 95.7 cm³/mol. The molecule has 0 spiro atoms. The van der Waals surface area contributed by atoms with Crippen molar-refractivity contribution in [1.29, 1.82) is 0 Å². The van der Waals surface area contributed by atoms with Crippen LogP contribution in [0.25, 0.3) is 0 Å². The molecule has 3 rings (SSSR count). The van der Waals surface area contributed by atoms with Crippen molar-refractivity contribution in [2.75, 3.05) is 0 Å². The Morgan fingerprint density at radius 2 is 1.83 bits per heavy atom. The van der Waals surface area contributed by atoms with Gasteiger partial charge in [0, 0.05) is 6.92 Å². The van der Waals surface area contributed by atoms with E-state index in [9.17, 15) is 41.1 Å². The number of nitrogens with one attached hydrogen (secondary N) is 1. The monoisotopic (exact) mass is 466 g/mol. The van der Waals surface area contributed by atoms with Crippen molar-refractivity contribution in [3.05, 3.63) is 47.4 Å². The van der Waals surface area contributed by atoms with Gasteiger partial charge >= 0.3 is 21.6 Å². The third-order valence-electron chi connectivity index (χ3n) is 4.21. The maximum Gasteiger partial charge on any atom is 0.534 e. The molecule has 3 atom stereocenters. The molecule has 0 radical (unpaired) electrons. The van der Waals surface area contributed by atoms with Crippen molar-refractivity contribution in [2.24, 2.45) is 0 Å². The summed E-state index contributed by atoms with van der Waals surface area (Å²) >= 11 is 0.692. The number of carboxylic acid groups (broad SMARTS) is 1. The normalized spacial score (nSPS) is 24.1. The van der Waals surface area contributed by atoms with Crippen LogP contribution in [0.1, 0.15) is 18.4 Å². The number of β-lactam (4-membered cyclic amide) rings is 1. The standard InChI is InChI=1S/C16H13F3N2O7S2/c1-7(22)20-12-11(28-30(26,27)16(17,18)19)10(15(24)25)21-13(23)9(14(21)29-12)8-5-3-2-4-6-8/h2-6,9,12,14H,1H3,(H,20,22)(H,24,25)/t9-,12?,14-/m1/s1. The van der Waals surface area contributed by atoms with Crippen molar-refractivity contribution >= 4 is 39.7 Å². The lowest BCUT2D eigenvalue weighted by atomic mass is 9.89. The van der Waals surface area contributed by atoms with Gasteiger partial charge in [-0.3, -0.25) is 14.5 Å². The number of amides is 2. The minimum atomic E-state index is -6.26. The van der Waals surface area contributed by atoms with E-state index in [1.807, 2.05) is 0 Å². The Kier molecular flexibility index (Phi) is 5.49. The molecular weight excluding hydrogens is 453 g/mol. The van der Waals surface area contributed by atoms with Gasteiger partial charge in [0.2, 0.25) is 11.8 Å². The fraction of sp³-hybridized carbons (Fsp3) is 0.312. The van der Waals surface area contributed by atoms with Gasteiger partial charge < -0.3 is 14.6 Å². The molecule has 0 aliphatic carbocycles. The van der Waals surface area contributed by atoms with E-state index < -0.39 is 61.5 Å². The summed E-state index contributed by atoms with van der Waals surface area (Å²) in [7, 11) is -6.26. The Labute approximate surface area is 172 Å². The third-order valence-corrected chi connectivity index (χ3v) is 6.54. The molecule has 1 unspecified atom stereocenters. The second-order valence-corrected chi connectivity index (χ2v) is 8.97. The lowest BCUT2D eigenvalue weighted by molar-refractivity contribution is -0.149. The zero-order chi connectivity index (χ0) is 22.4. The van der Waals surface area contributed by atoms with Crippen LogP contribution in [0.3, 0.4) is 0 Å². The summed E-state index contributed by atoms with van der Waals surface area (Å²) in [6.07, 6.45) is 0. The number of halogens is 3. The molecule has 1 aromatic rings. The van der Waals surface area contributed by atoms with E-state index in [1.165, 1.54) is 0 Å². The number of benzene rings is 1. The molecule has 2 aliphatic rings. The Morgan fingerprint density at radius 1 is 1.23 bits per heavy atom. The van der Waals surface area contributed by atoms with Crippen molar-refractivity contribution in [1.82, 2.24) is 10.2 Å². The fourth-order valence-electron chi connectivity index (χ4n) is 2.99. The SMILES string of the molecule is CC(=O)NC1S[C@@H]2[C@H](c3ccccc3)C(=O)N2C(C(=O)O)=C1OS(=O)(=O)C(F)(F)F. The molecule has 2 amide bonds. The lowest BCUT2D eigenvalue weighted by Crippen LogP contribution is -2.62. The average Bonchev–Trinajstić information content (AvgIpc) is 2.62. The summed E-state index contributed by atoms with van der Waals surface area (Å²) in [4.78, 5) is 36.6. The van der Waals surface area contributed by atoms with Crippen LogP contribution in [0, 0.1) is 0 Å². The largest absolute Gasteiger partial charge is 0.534 e. The van der Waals surface area contributed by atoms with Gasteiger partial charge in [0.25, 0.3) is 0 Å². The molecule has 2 N–H and O–H groups in total. The van der Waals surface area contributed by atoms with Crippen molar-refractivity contribution in [3.63, 3.8) is 0 Å². The number of fused-ring (bicyclic) bond motifs is 1. The van der Waals surface area contributed by atoms with E-state index >= 15 is 0 Å². The summed E-state index contributed by atoms with van der Waals surface area (Å²) in [5.41, 5.74) is -6.41. The minimum absolute atomic E-state index is 0.523. The summed E-state index contributed by atoms with van der Waals surface area (Å²) in [5.74, 6) is -5.48. The van der Waals surface area contributed by atoms with Gasteiger partial charge in [-0.2, -0.15) is 21.6 Å². The second-order valence-electron chi connectivity index (χ2n) is 6.21. The minimum Gasteiger partial charge on any atom is -0.476 e. The topological polar surface area (TPSA) is 130 Å². The molecule has 0 saturated carbocycles. The highest BCUT2D eigenvalue weighted by Crippen LogP contribution is 2.51. The average molecular weight is 466 g/mol. The summed E-state index contributed by atoms with van der Waals surface area (Å²) in [6, 6.07) is 8.19. The number of alkyl halides is 3. The maximum absolute atomic E-state index is 12.8. The first kappa shape index (κ1) is 22.0. The Hall–Kier alpha value is -2.74. The first-order valence-corrected chi connectivity index (χ1v) is 10.5. The molecule has 1 aromatic carbocycles. The van der Waals surface area contributed by atoms with Crippen LogP contribution in [0.15, 0.2) is 41.8 Å². The van der Waals surface area contributed by atoms with Crippen LogP contribution in [0.4, 0.5) is 13.2 Å². The first-order valence-electron chi connectivity index (χ1n) is 8.14. The Balaban J connectivity index is 2.10. The molecule has 1 saturated heterocycles. The van der Waals surface area contributed by atoms with Gasteiger partial charge in [-0.25, -0.2) is 4.79 Å². The van der Waals surface area contributed by atoms with Crippen molar-refractivity contribution in [2.45, 2.75) is 29.1 Å². The number of carbonyl (C=O) groups excluding carboxylic acids is 2. The van der Waals surface area contributed by atoms with Crippen LogP contribution >= 0.6 is 11.8 Å². The first-order chi connectivity index (χ1) is 13.8. The van der Waals surface area contributed by atoms with Crippen molar-refractivity contribution < 1.29 is 45.3 Å². The fourth-order valence-corrected chi connectivity index (χ4v) is 5.12. The maximum atomic E-state index is 12.8. The van der Waals surface area contributed by atoms with Crippen LogP contribution < -0.4 is 5.32 Å². The summed E-state index contributed by atoms with van der Waals surface area (Å²) < 4.78 is 65.5. The number of aliphatic carboxylic acids is 1. The number of thioether (sulfide) groups is 1. The van der Waals surface area contributed by atoms with Crippen LogP contribution in [0.5, 0.6) is 0 Å². The highest BCUT2D eigenvalue weighted by atomic mass is 32.2. The van der Waals surface area contributed by atoms with Gasteiger partial charge in [-0.1, -0.05) is 30.3 Å². The smallest absolute Gasteiger partial charge is 0.476 e. The van der Waals surface area contributed by atoms with Gasteiger partial charge in [-0.05, 0) is 5.56 Å². The number of nitrogens with zero attached hydrogens (tertiary/aromatic N) is 1. The molecule has 0 bridgehead atoms. The van der Waals surface area contributed by atoms with E-state index in [2.05, 4.69) is 9.50 Å². The molecule has 162 valence electrons. The number of hydrogen-bond donors (Lipinski definition) is 2. The van der Waals surface area contributed by atoms with Gasteiger partial charge in [-0.15, -0.1) is 11.8 Å². The van der Waals surface area contributed by atoms with E-state index in [0.717, 1.165) is 6.92 Å². The van der Waals surface area contributed by atoms with Crippen LogP contribution in [-0.2, 0) is 28.7 Å². The number of hydrogen-bond acceptors (Lipinski definition) is 7. The van der Waals surface area contributed by atoms with E-state index in [-0.39, 0.29) is 0 Å².